The second-order valence-electron chi connectivity index (χ2n) is 3.47. The first-order valence-electron chi connectivity index (χ1n) is 5.30. The van der Waals surface area contributed by atoms with Crippen LogP contribution >= 0.6 is 15.9 Å². The molecule has 1 aromatic rings. The zero-order valence-corrected chi connectivity index (χ0v) is 10.8. The highest BCUT2D eigenvalue weighted by molar-refractivity contribution is 9.09. The van der Waals surface area contributed by atoms with Gasteiger partial charge in [-0.25, -0.2) is 0 Å². The Labute approximate surface area is 103 Å². The van der Waals surface area contributed by atoms with Gasteiger partial charge in [0.15, 0.2) is 0 Å². The predicted octanol–water partition coefficient (Wildman–Crippen LogP) is 4.18. The standard InChI is InChI=1S/C12H15BrF2O/c1-2-9-5-6-10(4-3-7-13)11(8-9)16-12(14)15/h5-6,8,12H,2-4,7H2,1H3. The Balaban J connectivity index is 2.87. The third kappa shape index (κ3) is 4.08. The van der Waals surface area contributed by atoms with Crippen LogP contribution in [-0.4, -0.2) is 11.9 Å². The van der Waals surface area contributed by atoms with Gasteiger partial charge in [-0.1, -0.05) is 35.0 Å². The number of alkyl halides is 3. The summed E-state index contributed by atoms with van der Waals surface area (Å²) in [7, 11) is 0. The lowest BCUT2D eigenvalue weighted by atomic mass is 10.1. The number of hydrogen-bond acceptors (Lipinski definition) is 1. The largest absolute Gasteiger partial charge is 0.435 e. The fourth-order valence-corrected chi connectivity index (χ4v) is 1.77. The lowest BCUT2D eigenvalue weighted by Crippen LogP contribution is -2.05. The minimum absolute atomic E-state index is 0.315. The molecule has 0 aliphatic heterocycles. The van der Waals surface area contributed by atoms with Crippen LogP contribution in [0.2, 0.25) is 0 Å². The van der Waals surface area contributed by atoms with E-state index in [1.807, 2.05) is 19.1 Å². The van der Waals surface area contributed by atoms with Crippen LogP contribution in [0.4, 0.5) is 8.78 Å². The van der Waals surface area contributed by atoms with Gasteiger partial charge in [-0.3, -0.25) is 0 Å². The van der Waals surface area contributed by atoms with E-state index in [1.54, 1.807) is 6.07 Å². The van der Waals surface area contributed by atoms with Gasteiger partial charge in [0.25, 0.3) is 0 Å². The molecule has 90 valence electrons. The fourth-order valence-electron chi connectivity index (χ4n) is 1.49. The molecule has 1 nitrogen and oxygen atoms in total. The fraction of sp³-hybridized carbons (Fsp3) is 0.500. The predicted molar refractivity (Wildman–Crippen MR) is 64.6 cm³/mol. The topological polar surface area (TPSA) is 9.23 Å². The van der Waals surface area contributed by atoms with E-state index in [4.69, 9.17) is 0 Å². The number of benzene rings is 1. The van der Waals surface area contributed by atoms with Crippen LogP contribution in [0.5, 0.6) is 5.75 Å². The number of ether oxygens (including phenoxy) is 1. The Kier molecular flexibility index (Phi) is 5.74. The van der Waals surface area contributed by atoms with E-state index in [0.29, 0.717) is 5.75 Å². The van der Waals surface area contributed by atoms with Crippen LogP contribution in [0.25, 0.3) is 0 Å². The normalized spacial score (nSPS) is 10.8. The van der Waals surface area contributed by atoms with Crippen molar-refractivity contribution in [1.82, 2.24) is 0 Å². The Bertz CT molecular complexity index is 329. The zero-order valence-electron chi connectivity index (χ0n) is 9.18. The van der Waals surface area contributed by atoms with Gasteiger partial charge in [-0.05, 0) is 36.5 Å². The monoisotopic (exact) mass is 292 g/mol. The number of rotatable bonds is 6. The molecule has 0 atom stereocenters. The molecule has 0 heterocycles. The highest BCUT2D eigenvalue weighted by Gasteiger charge is 2.10. The summed E-state index contributed by atoms with van der Waals surface area (Å²) in [5.41, 5.74) is 1.86. The van der Waals surface area contributed by atoms with Crippen LogP contribution in [0.3, 0.4) is 0 Å². The molecule has 0 aliphatic rings. The minimum Gasteiger partial charge on any atom is -0.435 e. The van der Waals surface area contributed by atoms with Gasteiger partial charge in [0, 0.05) is 5.33 Å². The van der Waals surface area contributed by atoms with Gasteiger partial charge in [-0.2, -0.15) is 8.78 Å². The van der Waals surface area contributed by atoms with E-state index in [-0.39, 0.29) is 0 Å². The van der Waals surface area contributed by atoms with Crippen LogP contribution < -0.4 is 4.74 Å². The molecular weight excluding hydrogens is 278 g/mol. The average molecular weight is 293 g/mol. The highest BCUT2D eigenvalue weighted by Crippen LogP contribution is 2.24. The molecule has 0 amide bonds. The summed E-state index contributed by atoms with van der Waals surface area (Å²) in [4.78, 5) is 0. The second-order valence-corrected chi connectivity index (χ2v) is 4.26. The molecule has 0 aliphatic carbocycles. The molecule has 0 unspecified atom stereocenters. The van der Waals surface area contributed by atoms with Crippen LogP contribution in [0.1, 0.15) is 24.5 Å². The van der Waals surface area contributed by atoms with Gasteiger partial charge in [0.1, 0.15) is 5.75 Å². The maximum atomic E-state index is 12.2. The van der Waals surface area contributed by atoms with Gasteiger partial charge < -0.3 is 4.74 Å². The first-order valence-corrected chi connectivity index (χ1v) is 6.42. The van der Waals surface area contributed by atoms with Gasteiger partial charge in [-0.15, -0.1) is 0 Å². The number of hydrogen-bond donors (Lipinski definition) is 0. The Hall–Kier alpha value is -0.640. The van der Waals surface area contributed by atoms with Crippen molar-refractivity contribution in [1.29, 1.82) is 0 Å². The van der Waals surface area contributed by atoms with E-state index >= 15 is 0 Å². The maximum absolute atomic E-state index is 12.2. The average Bonchev–Trinajstić information content (AvgIpc) is 2.26. The number of aryl methyl sites for hydroxylation is 2. The molecule has 0 radical (unpaired) electrons. The van der Waals surface area contributed by atoms with Crippen molar-refractivity contribution in [3.05, 3.63) is 29.3 Å². The van der Waals surface area contributed by atoms with Crippen LogP contribution in [0.15, 0.2) is 18.2 Å². The molecular formula is C12H15BrF2O. The Morgan fingerprint density at radius 3 is 2.69 bits per heavy atom. The first-order chi connectivity index (χ1) is 7.67. The molecule has 0 bridgehead atoms. The molecule has 0 saturated heterocycles. The lowest BCUT2D eigenvalue weighted by molar-refractivity contribution is -0.0504. The first kappa shape index (κ1) is 13.4. The van der Waals surface area contributed by atoms with Gasteiger partial charge in [0.05, 0.1) is 0 Å². The van der Waals surface area contributed by atoms with Crippen molar-refractivity contribution in [2.24, 2.45) is 0 Å². The highest BCUT2D eigenvalue weighted by atomic mass is 79.9. The van der Waals surface area contributed by atoms with Crippen molar-refractivity contribution < 1.29 is 13.5 Å². The van der Waals surface area contributed by atoms with Crippen LogP contribution in [0, 0.1) is 0 Å². The smallest absolute Gasteiger partial charge is 0.387 e. The number of halogens is 3. The minimum atomic E-state index is -2.75. The molecule has 1 rings (SSSR count). The van der Waals surface area contributed by atoms with Crippen LogP contribution in [-0.2, 0) is 12.8 Å². The molecule has 0 aromatic heterocycles. The van der Waals surface area contributed by atoms with E-state index in [2.05, 4.69) is 20.7 Å². The summed E-state index contributed by atoms with van der Waals surface area (Å²) < 4.78 is 29.0. The molecule has 4 heteroatoms. The third-order valence-electron chi connectivity index (χ3n) is 2.34. The van der Waals surface area contributed by atoms with Gasteiger partial charge in [0.2, 0.25) is 0 Å². The van der Waals surface area contributed by atoms with Crippen molar-refractivity contribution >= 4 is 15.9 Å². The van der Waals surface area contributed by atoms with Crippen molar-refractivity contribution in [2.45, 2.75) is 32.8 Å². The summed E-state index contributed by atoms with van der Waals surface area (Å²) in [5.74, 6) is 0.315. The van der Waals surface area contributed by atoms with E-state index in [0.717, 1.165) is 35.7 Å². The molecule has 1 aromatic carbocycles. The third-order valence-corrected chi connectivity index (χ3v) is 2.90. The maximum Gasteiger partial charge on any atom is 0.387 e. The lowest BCUT2D eigenvalue weighted by Gasteiger charge is -2.11. The Morgan fingerprint density at radius 2 is 2.12 bits per heavy atom. The molecule has 0 saturated carbocycles. The van der Waals surface area contributed by atoms with Crippen molar-refractivity contribution in [3.8, 4) is 5.75 Å². The molecule has 0 spiro atoms. The summed E-state index contributed by atoms with van der Waals surface area (Å²) in [5, 5.41) is 0.858. The zero-order chi connectivity index (χ0) is 12.0. The van der Waals surface area contributed by atoms with Gasteiger partial charge >= 0.3 is 6.61 Å². The van der Waals surface area contributed by atoms with E-state index < -0.39 is 6.61 Å². The summed E-state index contributed by atoms with van der Waals surface area (Å²) in [6.45, 7) is -0.769. The SMILES string of the molecule is CCc1ccc(CCCBr)c(OC(F)F)c1. The molecule has 0 fully saturated rings. The molecule has 0 N–H and O–H groups in total. The summed E-state index contributed by atoms with van der Waals surface area (Å²) >= 11 is 3.32. The summed E-state index contributed by atoms with van der Waals surface area (Å²) in [6, 6.07) is 5.54. The quantitative estimate of drug-likeness (QED) is 0.715. The van der Waals surface area contributed by atoms with E-state index in [9.17, 15) is 8.78 Å². The van der Waals surface area contributed by atoms with Crippen molar-refractivity contribution in [2.75, 3.05) is 5.33 Å². The molecule has 16 heavy (non-hydrogen) atoms. The summed E-state index contributed by atoms with van der Waals surface area (Å²) in [6.07, 6.45) is 2.47. The van der Waals surface area contributed by atoms with E-state index in [1.165, 1.54) is 0 Å². The Morgan fingerprint density at radius 1 is 1.38 bits per heavy atom. The second kappa shape index (κ2) is 6.84. The van der Waals surface area contributed by atoms with Crippen molar-refractivity contribution in [3.63, 3.8) is 0 Å².